The van der Waals surface area contributed by atoms with Crippen LogP contribution in [0.2, 0.25) is 0 Å². The van der Waals surface area contributed by atoms with Crippen LogP contribution >= 0.6 is 27.3 Å². The van der Waals surface area contributed by atoms with E-state index in [4.69, 9.17) is 4.74 Å². The van der Waals surface area contributed by atoms with Crippen molar-refractivity contribution in [1.82, 2.24) is 5.32 Å². The van der Waals surface area contributed by atoms with Gasteiger partial charge in [-0.05, 0) is 53.6 Å². The molecule has 1 aromatic carbocycles. The number of halogens is 1. The Hall–Kier alpha value is -0.840. The van der Waals surface area contributed by atoms with E-state index in [1.807, 2.05) is 12.1 Å². The summed E-state index contributed by atoms with van der Waals surface area (Å²) in [6.07, 6.45) is 1.11. The van der Waals surface area contributed by atoms with E-state index in [1.165, 1.54) is 11.1 Å². The molecule has 19 heavy (non-hydrogen) atoms. The summed E-state index contributed by atoms with van der Waals surface area (Å²) in [7, 11) is 1.72. The van der Waals surface area contributed by atoms with Crippen LogP contribution in [-0.4, -0.2) is 13.7 Å². The molecule has 2 nitrogen and oxygen atoms in total. The molecule has 0 spiro atoms. The monoisotopic (exact) mass is 339 g/mol. The van der Waals surface area contributed by atoms with Crippen molar-refractivity contribution in [3.8, 4) is 5.75 Å². The molecular formula is C15H18BrNOS. The molecule has 1 atom stereocenters. The van der Waals surface area contributed by atoms with E-state index in [2.05, 4.69) is 51.1 Å². The molecule has 0 saturated heterocycles. The Bertz CT molecular complexity index is 513. The maximum absolute atomic E-state index is 5.50. The van der Waals surface area contributed by atoms with E-state index in [-0.39, 0.29) is 6.04 Å². The molecule has 0 saturated carbocycles. The van der Waals surface area contributed by atoms with Crippen LogP contribution in [0.4, 0.5) is 0 Å². The molecule has 0 aliphatic carbocycles. The zero-order valence-corrected chi connectivity index (χ0v) is 13.6. The first kappa shape index (κ1) is 14.6. The summed E-state index contributed by atoms with van der Waals surface area (Å²) in [6, 6.07) is 8.49. The minimum atomic E-state index is 0.179. The van der Waals surface area contributed by atoms with Gasteiger partial charge in [-0.1, -0.05) is 22.9 Å². The van der Waals surface area contributed by atoms with Crippen LogP contribution in [0.5, 0.6) is 5.75 Å². The normalized spacial score (nSPS) is 12.4. The zero-order chi connectivity index (χ0) is 13.7. The molecule has 1 heterocycles. The molecule has 1 N–H and O–H groups in total. The Morgan fingerprint density at radius 2 is 2.21 bits per heavy atom. The van der Waals surface area contributed by atoms with Crippen LogP contribution < -0.4 is 10.1 Å². The third-order valence-electron chi connectivity index (χ3n) is 2.98. The fraction of sp³-hybridized carbons (Fsp3) is 0.333. The number of methoxy groups -OCH3 is 1. The van der Waals surface area contributed by atoms with Gasteiger partial charge in [0.05, 0.1) is 13.2 Å². The lowest BCUT2D eigenvalue weighted by molar-refractivity contribution is 0.403. The Balaban J connectivity index is 2.39. The highest BCUT2D eigenvalue weighted by Gasteiger charge is 2.18. The number of rotatable bonds is 6. The number of ether oxygens (including phenoxy) is 1. The second-order valence-corrected chi connectivity index (χ2v) is 6.03. The highest BCUT2D eigenvalue weighted by Crippen LogP contribution is 2.33. The Kier molecular flexibility index (Phi) is 5.43. The number of thiophene rings is 1. The van der Waals surface area contributed by atoms with Gasteiger partial charge in [0, 0.05) is 10.0 Å². The predicted octanol–water partition coefficient (Wildman–Crippen LogP) is 4.61. The first-order chi connectivity index (χ1) is 9.26. The lowest BCUT2D eigenvalue weighted by Gasteiger charge is -2.21. The summed E-state index contributed by atoms with van der Waals surface area (Å²) in [5.74, 6) is 0.919. The van der Waals surface area contributed by atoms with Crippen molar-refractivity contribution in [3.05, 3.63) is 50.6 Å². The van der Waals surface area contributed by atoms with Crippen LogP contribution in [0.3, 0.4) is 0 Å². The summed E-state index contributed by atoms with van der Waals surface area (Å²) >= 11 is 5.27. The summed E-state index contributed by atoms with van der Waals surface area (Å²) < 4.78 is 6.57. The van der Waals surface area contributed by atoms with Crippen molar-refractivity contribution in [1.29, 1.82) is 0 Å². The van der Waals surface area contributed by atoms with Gasteiger partial charge in [0.25, 0.3) is 0 Å². The molecular weight excluding hydrogens is 322 g/mol. The van der Waals surface area contributed by atoms with Gasteiger partial charge in [-0.15, -0.1) is 0 Å². The van der Waals surface area contributed by atoms with Gasteiger partial charge >= 0.3 is 0 Å². The molecule has 102 valence electrons. The highest BCUT2D eigenvalue weighted by atomic mass is 79.9. The quantitative estimate of drug-likeness (QED) is 0.829. The smallest absolute Gasteiger partial charge is 0.124 e. The SMILES string of the molecule is CCCNC(c1ccsc1)c1cc(Br)ccc1OC. The van der Waals surface area contributed by atoms with Crippen LogP contribution in [0, 0.1) is 0 Å². The maximum Gasteiger partial charge on any atom is 0.124 e. The van der Waals surface area contributed by atoms with E-state index in [0.717, 1.165) is 23.2 Å². The second kappa shape index (κ2) is 7.08. The van der Waals surface area contributed by atoms with Crippen LogP contribution in [0.15, 0.2) is 39.5 Å². The third kappa shape index (κ3) is 3.59. The van der Waals surface area contributed by atoms with E-state index in [9.17, 15) is 0 Å². The lowest BCUT2D eigenvalue weighted by atomic mass is 10.00. The van der Waals surface area contributed by atoms with Crippen LogP contribution in [-0.2, 0) is 0 Å². The number of nitrogens with one attached hydrogen (secondary N) is 1. The molecule has 0 radical (unpaired) electrons. The fourth-order valence-corrected chi connectivity index (χ4v) is 3.13. The number of hydrogen-bond donors (Lipinski definition) is 1. The average molecular weight is 340 g/mol. The van der Waals surface area contributed by atoms with Crippen molar-refractivity contribution in [2.24, 2.45) is 0 Å². The summed E-state index contributed by atoms with van der Waals surface area (Å²) in [5, 5.41) is 7.90. The van der Waals surface area contributed by atoms with Gasteiger partial charge in [0.2, 0.25) is 0 Å². The summed E-state index contributed by atoms with van der Waals surface area (Å²) in [4.78, 5) is 0. The molecule has 2 rings (SSSR count). The lowest BCUT2D eigenvalue weighted by Crippen LogP contribution is -2.23. The largest absolute Gasteiger partial charge is 0.496 e. The maximum atomic E-state index is 5.50. The first-order valence-electron chi connectivity index (χ1n) is 6.35. The van der Waals surface area contributed by atoms with Gasteiger partial charge in [-0.3, -0.25) is 0 Å². The first-order valence-corrected chi connectivity index (χ1v) is 8.08. The number of hydrogen-bond acceptors (Lipinski definition) is 3. The molecule has 0 bridgehead atoms. The Morgan fingerprint density at radius 1 is 1.37 bits per heavy atom. The average Bonchev–Trinajstić information content (AvgIpc) is 2.93. The van der Waals surface area contributed by atoms with Gasteiger partial charge < -0.3 is 10.1 Å². The zero-order valence-electron chi connectivity index (χ0n) is 11.2. The molecule has 0 aliphatic rings. The molecule has 0 aliphatic heterocycles. The summed E-state index contributed by atoms with van der Waals surface area (Å²) in [5.41, 5.74) is 2.46. The van der Waals surface area contributed by atoms with E-state index < -0.39 is 0 Å². The van der Waals surface area contributed by atoms with Gasteiger partial charge in [-0.25, -0.2) is 0 Å². The Morgan fingerprint density at radius 3 is 2.84 bits per heavy atom. The molecule has 0 amide bonds. The van der Waals surface area contributed by atoms with Crippen molar-refractivity contribution in [2.45, 2.75) is 19.4 Å². The van der Waals surface area contributed by atoms with Gasteiger partial charge in [-0.2, -0.15) is 11.3 Å². The minimum Gasteiger partial charge on any atom is -0.496 e. The van der Waals surface area contributed by atoms with E-state index >= 15 is 0 Å². The molecule has 1 aromatic heterocycles. The van der Waals surface area contributed by atoms with E-state index in [1.54, 1.807) is 18.4 Å². The second-order valence-electron chi connectivity index (χ2n) is 4.33. The predicted molar refractivity (Wildman–Crippen MR) is 85.1 cm³/mol. The molecule has 0 fully saturated rings. The Labute approximate surface area is 126 Å². The fourth-order valence-electron chi connectivity index (χ4n) is 2.07. The van der Waals surface area contributed by atoms with Crippen LogP contribution in [0.25, 0.3) is 0 Å². The van der Waals surface area contributed by atoms with Gasteiger partial charge in [0.15, 0.2) is 0 Å². The third-order valence-corrected chi connectivity index (χ3v) is 4.17. The molecule has 4 heteroatoms. The standard InChI is InChI=1S/C15H18BrNOS/c1-3-7-17-15(11-6-8-19-10-11)13-9-12(16)4-5-14(13)18-2/h4-6,8-10,15,17H,3,7H2,1-2H3. The molecule has 1 unspecified atom stereocenters. The van der Waals surface area contributed by atoms with Crippen molar-refractivity contribution in [3.63, 3.8) is 0 Å². The van der Waals surface area contributed by atoms with Crippen molar-refractivity contribution >= 4 is 27.3 Å². The van der Waals surface area contributed by atoms with Gasteiger partial charge in [0.1, 0.15) is 5.75 Å². The molecule has 2 aromatic rings. The minimum absolute atomic E-state index is 0.179. The van der Waals surface area contributed by atoms with E-state index in [0.29, 0.717) is 0 Å². The van der Waals surface area contributed by atoms with Crippen molar-refractivity contribution < 1.29 is 4.74 Å². The number of benzene rings is 1. The van der Waals surface area contributed by atoms with Crippen molar-refractivity contribution in [2.75, 3.05) is 13.7 Å². The highest BCUT2D eigenvalue weighted by molar-refractivity contribution is 9.10. The summed E-state index contributed by atoms with van der Waals surface area (Å²) in [6.45, 7) is 3.16. The van der Waals surface area contributed by atoms with Crippen LogP contribution in [0.1, 0.15) is 30.5 Å². The topological polar surface area (TPSA) is 21.3 Å².